The number of aliphatic carboxylic acids is 1. The summed E-state index contributed by atoms with van der Waals surface area (Å²) in [5.74, 6) is -21.1. The third kappa shape index (κ3) is 45.8. The fourth-order valence-corrected chi connectivity index (χ4v) is 20.8. The maximum atomic E-state index is 12.4. The fraction of sp³-hybridized carbons (Fsp3) is 0.205. The maximum absolute atomic E-state index is 12.4. The van der Waals surface area contributed by atoms with Crippen molar-refractivity contribution in [2.24, 2.45) is 0 Å². The summed E-state index contributed by atoms with van der Waals surface area (Å²) in [6.07, 6.45) is 15.5. The smallest absolute Gasteiger partial charge is 0.257 e. The van der Waals surface area contributed by atoms with Crippen LogP contribution in [0.2, 0.25) is 0 Å². The zero-order valence-corrected chi connectivity index (χ0v) is 91.7. The van der Waals surface area contributed by atoms with Gasteiger partial charge in [0.1, 0.15) is 44.1 Å². The largest absolute Gasteiger partial charge is 0.338 e. The van der Waals surface area contributed by atoms with Gasteiger partial charge in [0.2, 0.25) is 0 Å². The molecule has 0 bridgehead atoms. The average Bonchev–Trinajstić information content (AvgIpc) is 1.21. The molecular formula is C112H120F8I4N8O12S4+4. The molecule has 2 unspecified atom stereocenters. The molecule has 0 radical (unpaired) electrons. The van der Waals surface area contributed by atoms with Gasteiger partial charge in [-0.3, -0.25) is 27.9 Å². The van der Waals surface area contributed by atoms with E-state index in [2.05, 4.69) is 445 Å². The molecule has 148 heavy (non-hydrogen) atoms. The molecule has 36 heteroatoms. The van der Waals surface area contributed by atoms with Crippen molar-refractivity contribution in [3.05, 3.63) is 439 Å². The van der Waals surface area contributed by atoms with Gasteiger partial charge < -0.3 is 33.9 Å². The Balaban J connectivity index is 0.000000291. The van der Waals surface area contributed by atoms with E-state index in [0.29, 0.717) is 34.3 Å². The average molecular weight is 2560 g/mol. The Morgan fingerprint density at radius 2 is 0.514 bits per heavy atom. The van der Waals surface area contributed by atoms with Crippen LogP contribution in [0.1, 0.15) is 87.3 Å². The van der Waals surface area contributed by atoms with Crippen LogP contribution in [0.15, 0.2) is 498 Å². The summed E-state index contributed by atoms with van der Waals surface area (Å²) >= 11 is 7.42. The number of carboxylic acids is 1. The minimum Gasteiger partial charge on any atom is -0.257 e. The molecule has 2 atom stereocenters. The monoisotopic (exact) mass is 2560 g/mol. The van der Waals surface area contributed by atoms with Gasteiger partial charge in [-0.15, -0.1) is 0 Å². The number of carbonyl (C=O) groups excluding carboxylic acids is 4. The molecule has 0 saturated carbocycles. The molecule has 16 aromatic rings. The minimum absolute atomic E-state index is 0. The number of benzene rings is 12. The van der Waals surface area contributed by atoms with E-state index in [-0.39, 0.29) is 106 Å². The number of aliphatic hydroxyl groups is 1. The molecule has 20 nitrogen and oxygen atoms in total. The Hall–Kier alpha value is -11.0. The van der Waals surface area contributed by atoms with Crippen molar-refractivity contribution in [2.75, 3.05) is 26.4 Å². The van der Waals surface area contributed by atoms with Crippen molar-refractivity contribution in [1.29, 1.82) is 0 Å². The summed E-state index contributed by atoms with van der Waals surface area (Å²) in [5, 5.41) is 16.1. The first-order chi connectivity index (χ1) is 69.2. The van der Waals surface area contributed by atoms with Crippen LogP contribution >= 0.6 is 63.7 Å². The van der Waals surface area contributed by atoms with Gasteiger partial charge in [-0.25, -0.2) is 34.3 Å². The number of hydrogen-bond donors (Lipinski definition) is 2. The zero-order valence-electron chi connectivity index (χ0n) is 79.8. The number of ether oxygens (including phenoxy) is 5. The van der Waals surface area contributed by atoms with Crippen LogP contribution < -0.4 is 0 Å². The molecule has 6 heterocycles. The fourth-order valence-electron chi connectivity index (χ4n) is 12.4. The third-order valence-corrected chi connectivity index (χ3v) is 27.8. The Morgan fingerprint density at radius 1 is 0.338 bits per heavy atom. The third-order valence-electron chi connectivity index (χ3n) is 18.9. The molecule has 2 aliphatic rings. The second kappa shape index (κ2) is 65.8. The summed E-state index contributed by atoms with van der Waals surface area (Å²) in [4.78, 5) is 83.6. The molecule has 2 fully saturated rings. The van der Waals surface area contributed by atoms with Gasteiger partial charge in [0.25, 0.3) is 0 Å². The van der Waals surface area contributed by atoms with Crippen LogP contribution in [0.3, 0.4) is 0 Å². The van der Waals surface area contributed by atoms with Crippen LogP contribution in [0, 0.1) is 0 Å². The van der Waals surface area contributed by atoms with Crippen molar-refractivity contribution in [1.82, 2.24) is 38.2 Å². The van der Waals surface area contributed by atoms with Crippen LogP contribution in [0.5, 0.6) is 0 Å². The number of alkyl halides is 8. The number of halogens is 12. The Kier molecular flexibility index (Phi) is 56.7. The van der Waals surface area contributed by atoms with Crippen molar-refractivity contribution < 1.29 is 93.0 Å². The quantitative estimate of drug-likeness (QED) is 0.0331. The summed E-state index contributed by atoms with van der Waals surface area (Å²) in [7, 11) is -0.412. The van der Waals surface area contributed by atoms with E-state index in [9.17, 15) is 59.1 Å². The number of carbonyl (C=O) groups is 5. The maximum Gasteiger partial charge on any atom is 0.338 e. The van der Waals surface area contributed by atoms with E-state index in [0.717, 1.165) is 21.8 Å². The molecule has 0 aliphatic carbocycles. The predicted octanol–water partition coefficient (Wildman–Crippen LogP) is 29.7. The van der Waals surface area contributed by atoms with Crippen molar-refractivity contribution in [3.8, 4) is 0 Å². The van der Waals surface area contributed by atoms with Crippen LogP contribution in [-0.4, -0.2) is 152 Å². The molecular weight excluding hydrogens is 2440 g/mol. The van der Waals surface area contributed by atoms with Gasteiger partial charge in [0, 0.05) is 77.3 Å². The first kappa shape index (κ1) is 127. The number of aromatic nitrogens is 8. The number of esters is 1. The van der Waals surface area contributed by atoms with Gasteiger partial charge >= 0.3 is 117 Å². The van der Waals surface area contributed by atoms with E-state index in [4.69, 9.17) is 29.2 Å². The predicted molar refractivity (Wildman–Crippen MR) is 607 cm³/mol. The van der Waals surface area contributed by atoms with Crippen molar-refractivity contribution >= 4 is 137 Å². The molecule has 2 aliphatic heterocycles. The first-order valence-electron chi connectivity index (χ1n) is 44.2. The molecule has 18 rings (SSSR count). The van der Waals surface area contributed by atoms with Crippen molar-refractivity contribution in [3.63, 3.8) is 0 Å². The van der Waals surface area contributed by atoms with E-state index in [1.54, 1.807) is 38.6 Å². The second-order valence-electron chi connectivity index (χ2n) is 31.5. The standard InChI is InChI=1S/4C18H15S.C9H14F2O4.C7H6N4O.2C6H6F2N2O.C6H12O3.C3H4F2O2.3CH4.I4/c4*1-4-10-16(11-5-1)19(17-12-6-2-7-13-17)18-14-8-3-9-15-18;1-8(2)14-5-6(15-8)4-13-7(12)9(3,10)11;12-7(10-3-1-8-5-10)11-4-2-9-6-11;2*1-6(7,8)5(11)10-3-2-9-4-10;1-6(2)8-4-5(3-7)9-6;1-3(4,5)2(6)7;;;;1-4(2)3/h4*1-15H;6H,4-5H2,1-3H3;1-6H;2*2-4H,1H3;5,7H,3-4H2,1-2H3;1H3,(H,6,7);3*1H4;/q4*+1;;;;;;;;;;. The van der Waals surface area contributed by atoms with E-state index in [1.807, 2.05) is 13.8 Å². The SMILES string of the molecule is C.C.C.CC(F)(F)C(=O)O.CC(F)(F)C(=O)n1ccnc1.CC(F)(F)C(=O)n1ccnc1.CC1(C)OCC(CO)O1.CC1(C)OCC(COC(=O)C(C)(F)F)O1.II(I)I.O=C(n1ccnc1)n1ccnc1.c1ccc([S+](c2ccccc2)c2ccccc2)cc1.c1ccc([S+](c2ccccc2)c2ccccc2)cc1.c1ccc([S+](c2ccccc2)c2ccccc2)cc1.c1ccc([S+](c2ccccc2)c2ccccc2)cc1. The van der Waals surface area contributed by atoms with Crippen LogP contribution in [0.4, 0.5) is 39.9 Å². The number of aliphatic hydroxyl groups excluding tert-OH is 1. The molecule has 2 saturated heterocycles. The van der Waals surface area contributed by atoms with Crippen molar-refractivity contribution in [2.45, 2.75) is 184 Å². The topological polar surface area (TPSA) is 243 Å². The zero-order chi connectivity index (χ0) is 105. The molecule has 0 spiro atoms. The van der Waals surface area contributed by atoms with E-state index < -0.39 is 65.1 Å². The molecule has 0 amide bonds. The first-order valence-corrected chi connectivity index (χ1v) is 68.0. The van der Waals surface area contributed by atoms with Gasteiger partial charge in [-0.05, 0) is 173 Å². The number of nitrogens with zero attached hydrogens (tertiary/aromatic N) is 8. The van der Waals surface area contributed by atoms with E-state index in [1.165, 1.54) is 105 Å². The molecule has 2 N–H and O–H groups in total. The van der Waals surface area contributed by atoms with Crippen LogP contribution in [-0.2, 0) is 76.9 Å². The molecule has 12 aromatic carbocycles. The number of carboxylic acid groups (broad SMARTS) is 1. The Morgan fingerprint density at radius 3 is 0.642 bits per heavy atom. The molecule has 784 valence electrons. The van der Waals surface area contributed by atoms with E-state index >= 15 is 0 Å². The normalized spacial score (nSPS) is 13.4. The second-order valence-corrected chi connectivity index (χ2v) is 88.3. The van der Waals surface area contributed by atoms with Gasteiger partial charge in [0.15, 0.2) is 70.3 Å². The van der Waals surface area contributed by atoms with Gasteiger partial charge in [-0.2, -0.15) is 35.1 Å². The van der Waals surface area contributed by atoms with Gasteiger partial charge in [-0.1, -0.05) is 241 Å². The summed E-state index contributed by atoms with van der Waals surface area (Å²) in [5.41, 5.74) is 0. The summed E-state index contributed by atoms with van der Waals surface area (Å²) in [6, 6.07) is 128. The number of imidazole rings is 4. The molecule has 4 aromatic heterocycles. The van der Waals surface area contributed by atoms with Crippen LogP contribution in [0.25, 0.3) is 0 Å². The number of hydrogen-bond acceptors (Lipinski definition) is 15. The minimum atomic E-state index is -3.58. The summed E-state index contributed by atoms with van der Waals surface area (Å²) in [6.45, 7) is 9.55. The van der Waals surface area contributed by atoms with Gasteiger partial charge in [0.05, 0.1) is 63.4 Å². The Labute approximate surface area is 908 Å². The summed E-state index contributed by atoms with van der Waals surface area (Å²) < 4.78 is 126. The number of rotatable bonds is 19. The Bertz CT molecular complexity index is 5360.